The van der Waals surface area contributed by atoms with Crippen molar-refractivity contribution in [2.45, 2.75) is 25.3 Å². The van der Waals surface area contributed by atoms with E-state index >= 15 is 0 Å². The van der Waals surface area contributed by atoms with Crippen molar-refractivity contribution in [3.63, 3.8) is 0 Å². The number of hydrogen-bond donors (Lipinski definition) is 0. The highest BCUT2D eigenvalue weighted by Gasteiger charge is 2.49. The highest BCUT2D eigenvalue weighted by Crippen LogP contribution is 2.49. The van der Waals surface area contributed by atoms with Crippen molar-refractivity contribution in [3.8, 4) is 0 Å². The first-order valence-corrected chi connectivity index (χ1v) is 9.00. The van der Waals surface area contributed by atoms with Crippen molar-refractivity contribution in [3.05, 3.63) is 35.6 Å². The number of carbonyl (C=O) groups is 1. The highest BCUT2D eigenvalue weighted by atomic mass is 19.1. The lowest BCUT2D eigenvalue weighted by atomic mass is 10.0. The van der Waals surface area contributed by atoms with Crippen LogP contribution < -0.4 is 0 Å². The molecule has 130 valence electrons. The van der Waals surface area contributed by atoms with E-state index in [0.717, 1.165) is 45.8 Å². The standard InChI is InChI=1S/C19H25FN2O2/c1-13-11-22(12-18(13)21-6-8-24-9-7-21)19(23)16-10-15(16)14-4-2-3-5-17(14)20/h2-5,13,15-16,18H,6-12H2,1H3/t13-,15-,16-,18+/m1/s1. The molecule has 0 N–H and O–H groups in total. The van der Waals surface area contributed by atoms with E-state index in [9.17, 15) is 9.18 Å². The van der Waals surface area contributed by atoms with Gasteiger partial charge in [0.05, 0.1) is 13.2 Å². The summed E-state index contributed by atoms with van der Waals surface area (Å²) in [6, 6.07) is 7.29. The summed E-state index contributed by atoms with van der Waals surface area (Å²) < 4.78 is 19.4. The average molecular weight is 332 g/mol. The van der Waals surface area contributed by atoms with Gasteiger partial charge in [0.1, 0.15) is 5.82 Å². The molecule has 3 aliphatic rings. The van der Waals surface area contributed by atoms with Crippen LogP contribution in [0.2, 0.25) is 0 Å². The van der Waals surface area contributed by atoms with Crippen molar-refractivity contribution in [2.75, 3.05) is 39.4 Å². The Labute approximate surface area is 142 Å². The van der Waals surface area contributed by atoms with Gasteiger partial charge in [-0.05, 0) is 29.9 Å². The molecule has 4 atom stereocenters. The van der Waals surface area contributed by atoms with Crippen LogP contribution in [-0.2, 0) is 9.53 Å². The molecule has 0 aromatic heterocycles. The smallest absolute Gasteiger partial charge is 0.226 e. The second-order valence-electron chi connectivity index (χ2n) is 7.41. The van der Waals surface area contributed by atoms with Crippen molar-refractivity contribution >= 4 is 5.91 Å². The van der Waals surface area contributed by atoms with Crippen LogP contribution in [0.1, 0.15) is 24.8 Å². The van der Waals surface area contributed by atoms with Crippen molar-refractivity contribution in [1.82, 2.24) is 9.80 Å². The highest BCUT2D eigenvalue weighted by molar-refractivity contribution is 5.83. The third-order valence-electron chi connectivity index (χ3n) is 5.81. The molecule has 1 saturated carbocycles. The minimum Gasteiger partial charge on any atom is -0.379 e. The molecule has 2 saturated heterocycles. The molecule has 1 aromatic carbocycles. The molecule has 2 heterocycles. The summed E-state index contributed by atoms with van der Waals surface area (Å²) in [7, 11) is 0. The minimum atomic E-state index is -0.182. The number of halogens is 1. The van der Waals surface area contributed by atoms with Crippen LogP contribution in [0.3, 0.4) is 0 Å². The van der Waals surface area contributed by atoms with Crippen LogP contribution >= 0.6 is 0 Å². The van der Waals surface area contributed by atoms with E-state index in [0.29, 0.717) is 17.5 Å². The molecule has 5 heteroatoms. The number of carbonyl (C=O) groups excluding carboxylic acids is 1. The van der Waals surface area contributed by atoms with Gasteiger partial charge in [0.2, 0.25) is 5.91 Å². The largest absolute Gasteiger partial charge is 0.379 e. The summed E-state index contributed by atoms with van der Waals surface area (Å²) in [6.07, 6.45) is 0.785. The monoisotopic (exact) mass is 332 g/mol. The van der Waals surface area contributed by atoms with Crippen molar-refractivity contribution in [1.29, 1.82) is 0 Å². The molecule has 4 rings (SSSR count). The maximum atomic E-state index is 13.9. The van der Waals surface area contributed by atoms with E-state index in [-0.39, 0.29) is 23.6 Å². The number of rotatable bonds is 3. The maximum Gasteiger partial charge on any atom is 0.226 e. The Morgan fingerprint density at radius 3 is 2.71 bits per heavy atom. The topological polar surface area (TPSA) is 32.8 Å². The molecule has 1 aromatic rings. The van der Waals surface area contributed by atoms with Gasteiger partial charge in [0, 0.05) is 38.1 Å². The van der Waals surface area contributed by atoms with E-state index < -0.39 is 0 Å². The van der Waals surface area contributed by atoms with Crippen LogP contribution in [0.15, 0.2) is 24.3 Å². The van der Waals surface area contributed by atoms with Gasteiger partial charge in [0.25, 0.3) is 0 Å². The van der Waals surface area contributed by atoms with Crippen molar-refractivity contribution < 1.29 is 13.9 Å². The second-order valence-corrected chi connectivity index (χ2v) is 7.41. The predicted octanol–water partition coefficient (Wildman–Crippen LogP) is 2.11. The zero-order valence-electron chi connectivity index (χ0n) is 14.2. The fraction of sp³-hybridized carbons (Fsp3) is 0.632. The van der Waals surface area contributed by atoms with Gasteiger partial charge in [0.15, 0.2) is 0 Å². The lowest BCUT2D eigenvalue weighted by Gasteiger charge is -2.34. The Morgan fingerprint density at radius 1 is 1.21 bits per heavy atom. The molecule has 0 radical (unpaired) electrons. The third kappa shape index (κ3) is 2.95. The van der Waals surface area contributed by atoms with E-state index in [1.165, 1.54) is 6.07 Å². The van der Waals surface area contributed by atoms with Crippen molar-refractivity contribution in [2.24, 2.45) is 11.8 Å². The predicted molar refractivity (Wildman–Crippen MR) is 89.2 cm³/mol. The molecule has 4 nitrogen and oxygen atoms in total. The number of morpholine rings is 1. The Bertz CT molecular complexity index is 617. The zero-order valence-corrected chi connectivity index (χ0v) is 14.2. The molecule has 0 bridgehead atoms. The first-order valence-electron chi connectivity index (χ1n) is 9.00. The Hall–Kier alpha value is -1.46. The SMILES string of the molecule is C[C@@H]1CN(C(=O)[C@@H]2C[C@@H]2c2ccccc2F)C[C@@H]1N1CCOCC1. The van der Waals surface area contributed by atoms with E-state index in [1.54, 1.807) is 6.07 Å². The number of hydrogen-bond acceptors (Lipinski definition) is 3. The van der Waals surface area contributed by atoms with E-state index in [4.69, 9.17) is 4.74 Å². The first kappa shape index (κ1) is 16.0. The van der Waals surface area contributed by atoms with Gasteiger partial charge in [-0.3, -0.25) is 9.69 Å². The molecule has 0 unspecified atom stereocenters. The summed E-state index contributed by atoms with van der Waals surface area (Å²) in [5.74, 6) is 0.552. The quantitative estimate of drug-likeness (QED) is 0.850. The van der Waals surface area contributed by atoms with E-state index in [1.807, 2.05) is 17.0 Å². The van der Waals surface area contributed by atoms with Gasteiger partial charge >= 0.3 is 0 Å². The molecule has 1 amide bonds. The molecular weight excluding hydrogens is 307 g/mol. The van der Waals surface area contributed by atoms with Crippen LogP contribution in [0.25, 0.3) is 0 Å². The van der Waals surface area contributed by atoms with Gasteiger partial charge in [-0.25, -0.2) is 4.39 Å². The summed E-state index contributed by atoms with van der Waals surface area (Å²) in [4.78, 5) is 17.3. The fourth-order valence-corrected chi connectivity index (χ4v) is 4.34. The normalized spacial score (nSPS) is 33.7. The Kier molecular flexibility index (Phi) is 4.31. The summed E-state index contributed by atoms with van der Waals surface area (Å²) in [5.41, 5.74) is 0.702. The molecular formula is C19H25FN2O2. The minimum absolute atomic E-state index is 0.0301. The maximum absolute atomic E-state index is 13.9. The van der Waals surface area contributed by atoms with Gasteiger partial charge in [-0.1, -0.05) is 25.1 Å². The van der Waals surface area contributed by atoms with Gasteiger partial charge in [-0.15, -0.1) is 0 Å². The number of benzene rings is 1. The molecule has 3 fully saturated rings. The average Bonchev–Trinajstić information content (AvgIpc) is 3.30. The number of likely N-dealkylation sites (tertiary alicyclic amines) is 1. The number of amides is 1. The van der Waals surface area contributed by atoms with E-state index in [2.05, 4.69) is 11.8 Å². The molecule has 24 heavy (non-hydrogen) atoms. The molecule has 1 aliphatic carbocycles. The Balaban J connectivity index is 1.39. The lowest BCUT2D eigenvalue weighted by molar-refractivity contribution is -0.131. The van der Waals surface area contributed by atoms with Gasteiger partial charge in [-0.2, -0.15) is 0 Å². The molecule has 2 aliphatic heterocycles. The first-order chi connectivity index (χ1) is 11.6. The van der Waals surface area contributed by atoms with Gasteiger partial charge < -0.3 is 9.64 Å². The van der Waals surface area contributed by atoms with Crippen LogP contribution in [0, 0.1) is 17.7 Å². The summed E-state index contributed by atoms with van der Waals surface area (Å²) >= 11 is 0. The summed E-state index contributed by atoms with van der Waals surface area (Å²) in [6.45, 7) is 7.34. The second kappa shape index (κ2) is 6.45. The third-order valence-corrected chi connectivity index (χ3v) is 5.81. The number of nitrogens with zero attached hydrogens (tertiary/aromatic N) is 2. The number of ether oxygens (including phenoxy) is 1. The van der Waals surface area contributed by atoms with Crippen LogP contribution in [-0.4, -0.2) is 61.1 Å². The summed E-state index contributed by atoms with van der Waals surface area (Å²) in [5, 5.41) is 0. The van der Waals surface area contributed by atoms with Crippen LogP contribution in [0.4, 0.5) is 4.39 Å². The van der Waals surface area contributed by atoms with Crippen LogP contribution in [0.5, 0.6) is 0 Å². The Morgan fingerprint density at radius 2 is 1.96 bits per heavy atom. The molecule has 0 spiro atoms. The lowest BCUT2D eigenvalue weighted by Crippen LogP contribution is -2.47. The fourth-order valence-electron chi connectivity index (χ4n) is 4.34. The zero-order chi connectivity index (χ0) is 16.7.